The molecule has 2 atom stereocenters. The molecule has 1 saturated heterocycles. The monoisotopic (exact) mass is 182 g/mol. The van der Waals surface area contributed by atoms with Gasteiger partial charge in [0.1, 0.15) is 6.04 Å². The van der Waals surface area contributed by atoms with Crippen LogP contribution in [0.3, 0.4) is 0 Å². The zero-order valence-electron chi connectivity index (χ0n) is 6.93. The number of nitrogens with two attached hydrogens (primary N) is 1. The molecule has 2 nitrogen and oxygen atoms in total. The van der Waals surface area contributed by atoms with Gasteiger partial charge >= 0.3 is 6.18 Å². The number of alkyl halides is 3. The molecule has 0 saturated carbocycles. The third-order valence-corrected chi connectivity index (χ3v) is 2.24. The number of likely N-dealkylation sites (N-methyl/N-ethyl adjacent to an activating group) is 1. The van der Waals surface area contributed by atoms with Gasteiger partial charge in [-0.15, -0.1) is 0 Å². The first-order chi connectivity index (χ1) is 5.41. The molecule has 1 aliphatic rings. The fourth-order valence-electron chi connectivity index (χ4n) is 1.59. The van der Waals surface area contributed by atoms with E-state index in [1.165, 1.54) is 11.9 Å². The van der Waals surface area contributed by atoms with E-state index >= 15 is 0 Å². The highest BCUT2D eigenvalue weighted by molar-refractivity contribution is 4.85. The van der Waals surface area contributed by atoms with Gasteiger partial charge in [0.15, 0.2) is 0 Å². The number of halogens is 3. The van der Waals surface area contributed by atoms with Gasteiger partial charge in [0.25, 0.3) is 0 Å². The zero-order valence-corrected chi connectivity index (χ0v) is 6.93. The maximum atomic E-state index is 12.2. The van der Waals surface area contributed by atoms with Crippen LogP contribution in [0.25, 0.3) is 0 Å². The first kappa shape index (κ1) is 9.80. The van der Waals surface area contributed by atoms with Gasteiger partial charge < -0.3 is 5.73 Å². The fourth-order valence-corrected chi connectivity index (χ4v) is 1.59. The lowest BCUT2D eigenvalue weighted by Crippen LogP contribution is -2.52. The number of rotatable bonds is 0. The van der Waals surface area contributed by atoms with Gasteiger partial charge in [-0.3, -0.25) is 4.90 Å². The first-order valence-electron chi connectivity index (χ1n) is 3.94. The van der Waals surface area contributed by atoms with Crippen LogP contribution in [0.1, 0.15) is 12.8 Å². The van der Waals surface area contributed by atoms with Gasteiger partial charge in [-0.05, 0) is 19.9 Å². The number of hydrogen-bond donors (Lipinski definition) is 1. The minimum absolute atomic E-state index is 0.103. The van der Waals surface area contributed by atoms with Crippen molar-refractivity contribution in [1.29, 1.82) is 0 Å². The Morgan fingerprint density at radius 1 is 1.33 bits per heavy atom. The SMILES string of the molecule is CN1C[C@@H](N)CC[C@H]1C(F)(F)F. The van der Waals surface area contributed by atoms with Crippen LogP contribution in [0.4, 0.5) is 13.2 Å². The van der Waals surface area contributed by atoms with Gasteiger partial charge in [-0.25, -0.2) is 0 Å². The molecule has 0 amide bonds. The number of likely N-dealkylation sites (tertiary alicyclic amines) is 1. The average Bonchev–Trinajstić information content (AvgIpc) is 1.83. The standard InChI is InChI=1S/C7H13F3N2/c1-12-4-5(11)2-3-6(12)7(8,9)10/h5-6H,2-4,11H2,1H3/t5-,6-/m0/s1. The molecule has 0 spiro atoms. The summed E-state index contributed by atoms with van der Waals surface area (Å²) in [5, 5.41) is 0. The van der Waals surface area contributed by atoms with E-state index in [0.29, 0.717) is 13.0 Å². The van der Waals surface area contributed by atoms with Crippen LogP contribution in [0, 0.1) is 0 Å². The molecule has 0 radical (unpaired) electrons. The zero-order chi connectivity index (χ0) is 9.35. The van der Waals surface area contributed by atoms with Crippen molar-refractivity contribution in [3.63, 3.8) is 0 Å². The van der Waals surface area contributed by atoms with Crippen molar-refractivity contribution in [2.45, 2.75) is 31.1 Å². The van der Waals surface area contributed by atoms with E-state index in [9.17, 15) is 13.2 Å². The summed E-state index contributed by atoms with van der Waals surface area (Å²) in [4.78, 5) is 1.29. The molecule has 1 aliphatic heterocycles. The minimum Gasteiger partial charge on any atom is -0.327 e. The van der Waals surface area contributed by atoms with Gasteiger partial charge in [0.2, 0.25) is 0 Å². The average molecular weight is 182 g/mol. The Morgan fingerprint density at radius 2 is 1.92 bits per heavy atom. The van der Waals surface area contributed by atoms with Crippen molar-refractivity contribution in [3.05, 3.63) is 0 Å². The van der Waals surface area contributed by atoms with E-state index < -0.39 is 12.2 Å². The molecule has 1 heterocycles. The number of hydrogen-bond acceptors (Lipinski definition) is 2. The Labute approximate surface area is 69.5 Å². The molecule has 0 bridgehead atoms. The Bertz CT molecular complexity index is 157. The Balaban J connectivity index is 2.57. The summed E-state index contributed by atoms with van der Waals surface area (Å²) in [6, 6.07) is -1.40. The van der Waals surface area contributed by atoms with Crippen molar-refractivity contribution in [3.8, 4) is 0 Å². The van der Waals surface area contributed by atoms with Crippen LogP contribution in [-0.4, -0.2) is 36.8 Å². The molecule has 5 heteroatoms. The normalized spacial score (nSPS) is 33.8. The predicted octanol–water partition coefficient (Wildman–Crippen LogP) is 0.970. The lowest BCUT2D eigenvalue weighted by molar-refractivity contribution is -0.188. The Morgan fingerprint density at radius 3 is 2.33 bits per heavy atom. The predicted molar refractivity (Wildman–Crippen MR) is 39.7 cm³/mol. The van der Waals surface area contributed by atoms with Crippen molar-refractivity contribution in [2.75, 3.05) is 13.6 Å². The van der Waals surface area contributed by atoms with E-state index in [1.807, 2.05) is 0 Å². The van der Waals surface area contributed by atoms with Gasteiger partial charge in [-0.2, -0.15) is 13.2 Å². The first-order valence-corrected chi connectivity index (χ1v) is 3.94. The smallest absolute Gasteiger partial charge is 0.327 e. The number of nitrogens with zero attached hydrogens (tertiary/aromatic N) is 1. The second-order valence-electron chi connectivity index (χ2n) is 3.33. The van der Waals surface area contributed by atoms with E-state index in [1.54, 1.807) is 0 Å². The molecule has 1 fully saturated rings. The lowest BCUT2D eigenvalue weighted by atomic mass is 9.99. The van der Waals surface area contributed by atoms with Crippen LogP contribution < -0.4 is 5.73 Å². The minimum atomic E-state index is -4.10. The summed E-state index contributed by atoms with van der Waals surface area (Å²) >= 11 is 0. The fraction of sp³-hybridized carbons (Fsp3) is 1.00. The Hall–Kier alpha value is -0.290. The van der Waals surface area contributed by atoms with Crippen molar-refractivity contribution in [2.24, 2.45) is 5.73 Å². The van der Waals surface area contributed by atoms with Crippen molar-refractivity contribution < 1.29 is 13.2 Å². The summed E-state index contributed by atoms with van der Waals surface area (Å²) in [6.07, 6.45) is -3.51. The van der Waals surface area contributed by atoms with E-state index in [-0.39, 0.29) is 12.5 Å². The Kier molecular flexibility index (Phi) is 2.63. The molecule has 2 N–H and O–H groups in total. The summed E-state index contributed by atoms with van der Waals surface area (Å²) < 4.78 is 36.7. The molecule has 0 aliphatic carbocycles. The van der Waals surface area contributed by atoms with Crippen LogP contribution in [-0.2, 0) is 0 Å². The van der Waals surface area contributed by atoms with Crippen LogP contribution in [0.2, 0.25) is 0 Å². The van der Waals surface area contributed by atoms with Crippen molar-refractivity contribution in [1.82, 2.24) is 4.90 Å². The van der Waals surface area contributed by atoms with Gasteiger partial charge in [0, 0.05) is 12.6 Å². The molecule has 0 aromatic heterocycles. The second kappa shape index (κ2) is 3.22. The molecule has 12 heavy (non-hydrogen) atoms. The number of piperidine rings is 1. The van der Waals surface area contributed by atoms with Crippen LogP contribution >= 0.6 is 0 Å². The van der Waals surface area contributed by atoms with Crippen LogP contribution in [0.5, 0.6) is 0 Å². The molecule has 0 aromatic carbocycles. The maximum Gasteiger partial charge on any atom is 0.404 e. The van der Waals surface area contributed by atoms with Crippen LogP contribution in [0.15, 0.2) is 0 Å². The molecule has 0 unspecified atom stereocenters. The highest BCUT2D eigenvalue weighted by atomic mass is 19.4. The largest absolute Gasteiger partial charge is 0.404 e. The summed E-state index contributed by atoms with van der Waals surface area (Å²) in [5.74, 6) is 0. The third-order valence-electron chi connectivity index (χ3n) is 2.24. The maximum absolute atomic E-state index is 12.2. The van der Waals surface area contributed by atoms with Gasteiger partial charge in [-0.1, -0.05) is 0 Å². The van der Waals surface area contributed by atoms with E-state index in [4.69, 9.17) is 5.73 Å². The van der Waals surface area contributed by atoms with E-state index in [0.717, 1.165) is 0 Å². The molecule has 72 valence electrons. The summed E-state index contributed by atoms with van der Waals surface area (Å²) in [5.41, 5.74) is 5.52. The second-order valence-corrected chi connectivity index (χ2v) is 3.33. The molecular weight excluding hydrogens is 169 g/mol. The summed E-state index contributed by atoms with van der Waals surface area (Å²) in [7, 11) is 1.47. The van der Waals surface area contributed by atoms with Crippen molar-refractivity contribution >= 4 is 0 Å². The highest BCUT2D eigenvalue weighted by Crippen LogP contribution is 2.30. The topological polar surface area (TPSA) is 29.3 Å². The summed E-state index contributed by atoms with van der Waals surface area (Å²) in [6.45, 7) is 0.337. The third kappa shape index (κ3) is 2.10. The van der Waals surface area contributed by atoms with Gasteiger partial charge in [0.05, 0.1) is 0 Å². The van der Waals surface area contributed by atoms with E-state index in [2.05, 4.69) is 0 Å². The molecular formula is C7H13F3N2. The molecule has 0 aromatic rings. The molecule has 1 rings (SSSR count). The quantitative estimate of drug-likeness (QED) is 0.604. The lowest BCUT2D eigenvalue weighted by Gasteiger charge is -2.36. The highest BCUT2D eigenvalue weighted by Gasteiger charge is 2.44.